The zero-order valence-corrected chi connectivity index (χ0v) is 22.2. The Morgan fingerprint density at radius 3 is 2.65 bits per heavy atom. The molecule has 1 fully saturated rings. The van der Waals surface area contributed by atoms with Crippen LogP contribution < -0.4 is 0 Å². The van der Waals surface area contributed by atoms with Crippen LogP contribution in [0.1, 0.15) is 47.0 Å². The second kappa shape index (κ2) is 9.50. The van der Waals surface area contributed by atoms with Crippen LogP contribution in [0.5, 0.6) is 0 Å². The average molecular weight is 540 g/mol. The molecule has 0 radical (unpaired) electrons. The first kappa shape index (κ1) is 26.4. The summed E-state index contributed by atoms with van der Waals surface area (Å²) < 4.78 is 48.2. The summed E-state index contributed by atoms with van der Waals surface area (Å²) in [5, 5.41) is 14.0. The Morgan fingerprint density at radius 1 is 1.22 bits per heavy atom. The van der Waals surface area contributed by atoms with Gasteiger partial charge in [0.2, 0.25) is 0 Å². The summed E-state index contributed by atoms with van der Waals surface area (Å²) in [6.07, 6.45) is 4.28. The van der Waals surface area contributed by atoms with Gasteiger partial charge in [-0.15, -0.1) is 11.6 Å². The fourth-order valence-electron chi connectivity index (χ4n) is 6.04. The fourth-order valence-corrected chi connectivity index (χ4v) is 6.33. The minimum atomic E-state index is -4.61. The first-order valence-electron chi connectivity index (χ1n) is 12.8. The summed E-state index contributed by atoms with van der Waals surface area (Å²) in [7, 11) is 0. The summed E-state index contributed by atoms with van der Waals surface area (Å²) in [6, 6.07) is -2.83. The Kier molecular flexibility index (Phi) is 6.78. The van der Waals surface area contributed by atoms with E-state index in [2.05, 4.69) is 13.0 Å². The maximum atomic E-state index is 14.0. The predicted octanol–water partition coefficient (Wildman–Crippen LogP) is 4.80. The number of carbonyl (C=O) groups is 1. The van der Waals surface area contributed by atoms with Crippen LogP contribution in [-0.4, -0.2) is 75.0 Å². The number of hydrogen-bond donors (Lipinski definition) is 1. The number of carbonyl (C=O) groups excluding carboxylic acids is 1. The third-order valence-electron chi connectivity index (χ3n) is 8.14. The Labute approximate surface area is 220 Å². The standard InChI is InChI=1S/C27H33ClF3N3O3/c1-14-8-9-19-18(10-14)12-37-25-20(6-5-7-21(25)28)24(19)33-13-32(17(4)27(29,30)31)26(36)23-16(3)22(35)11-15(2)34(23)33/h5-6,8-9,14-15,17,21-22,24,35H,7,10-13H2,1-4H3/t14?,15?,17-,21?,22?,24?/m1/s1. The lowest BCUT2D eigenvalue weighted by atomic mass is 9.83. The lowest BCUT2D eigenvalue weighted by Gasteiger charge is -2.55. The number of aliphatic hydroxyl groups excluding tert-OH is 1. The van der Waals surface area contributed by atoms with Gasteiger partial charge in [0, 0.05) is 11.6 Å². The summed E-state index contributed by atoms with van der Waals surface area (Å²) in [5.74, 6) is 0.204. The van der Waals surface area contributed by atoms with Gasteiger partial charge >= 0.3 is 6.18 Å². The zero-order chi connectivity index (χ0) is 26.8. The normalized spacial score (nSPS) is 33.8. The molecule has 0 spiro atoms. The topological polar surface area (TPSA) is 56.2 Å². The van der Waals surface area contributed by atoms with Crippen LogP contribution in [-0.2, 0) is 9.53 Å². The van der Waals surface area contributed by atoms with Crippen molar-refractivity contribution < 1.29 is 27.8 Å². The largest absolute Gasteiger partial charge is 0.492 e. The van der Waals surface area contributed by atoms with E-state index < -0.39 is 30.3 Å². The van der Waals surface area contributed by atoms with Crippen molar-refractivity contribution in [3.05, 3.63) is 58.1 Å². The molecule has 0 aromatic rings. The minimum absolute atomic E-state index is 0.110. The molecule has 1 saturated heterocycles. The van der Waals surface area contributed by atoms with Crippen LogP contribution in [0.15, 0.2) is 58.1 Å². The first-order chi connectivity index (χ1) is 17.4. The van der Waals surface area contributed by atoms with Crippen molar-refractivity contribution in [1.82, 2.24) is 14.9 Å². The van der Waals surface area contributed by atoms with E-state index in [4.69, 9.17) is 16.3 Å². The van der Waals surface area contributed by atoms with E-state index in [9.17, 15) is 23.1 Å². The number of amides is 1. The fraction of sp³-hybridized carbons (Fsp3) is 0.593. The summed E-state index contributed by atoms with van der Waals surface area (Å²) in [4.78, 5) is 14.5. The number of halogens is 4. The summed E-state index contributed by atoms with van der Waals surface area (Å²) >= 11 is 6.71. The van der Waals surface area contributed by atoms with Crippen LogP contribution in [0.4, 0.5) is 13.2 Å². The molecular weight excluding hydrogens is 507 g/mol. The summed E-state index contributed by atoms with van der Waals surface area (Å²) in [6.45, 7) is 6.73. The second-order valence-corrected chi connectivity index (χ2v) is 11.3. The van der Waals surface area contributed by atoms with Crippen molar-refractivity contribution >= 4 is 17.5 Å². The van der Waals surface area contributed by atoms with E-state index in [0.29, 0.717) is 36.7 Å². The predicted molar refractivity (Wildman–Crippen MR) is 134 cm³/mol. The summed E-state index contributed by atoms with van der Waals surface area (Å²) in [5.41, 5.74) is 3.31. The van der Waals surface area contributed by atoms with E-state index in [1.54, 1.807) is 6.92 Å². The van der Waals surface area contributed by atoms with Crippen LogP contribution in [0.3, 0.4) is 0 Å². The number of hydrazine groups is 1. The third kappa shape index (κ3) is 4.42. The van der Waals surface area contributed by atoms with Gasteiger partial charge in [-0.3, -0.25) is 9.80 Å². The molecule has 5 rings (SSSR count). The Bertz CT molecular complexity index is 1140. The highest BCUT2D eigenvalue weighted by Crippen LogP contribution is 2.44. The molecule has 3 aliphatic heterocycles. The van der Waals surface area contributed by atoms with E-state index in [1.807, 2.05) is 35.2 Å². The lowest BCUT2D eigenvalue weighted by molar-refractivity contribution is -0.210. The monoisotopic (exact) mass is 539 g/mol. The average Bonchev–Trinajstić information content (AvgIpc) is 2.98. The number of rotatable bonds is 2. The quantitative estimate of drug-likeness (QED) is 0.511. The molecule has 6 nitrogen and oxygen atoms in total. The molecule has 2 aliphatic carbocycles. The molecule has 202 valence electrons. The van der Waals surface area contributed by atoms with Crippen LogP contribution >= 0.6 is 11.6 Å². The number of fused-ring (bicyclic) bond motifs is 1. The van der Waals surface area contributed by atoms with Gasteiger partial charge < -0.3 is 14.7 Å². The van der Waals surface area contributed by atoms with Crippen molar-refractivity contribution in [2.45, 2.75) is 82.7 Å². The zero-order valence-electron chi connectivity index (χ0n) is 21.4. The SMILES string of the molecule is CC1=C2C(=O)N([C@H](C)C(F)(F)F)CN(C3C4=C(COC5=C3C=CCC5Cl)CC(C)C=C4)N2C(C)CC1O. The van der Waals surface area contributed by atoms with Crippen LogP contribution in [0.2, 0.25) is 0 Å². The third-order valence-corrected chi connectivity index (χ3v) is 8.52. The number of hydrogen-bond acceptors (Lipinski definition) is 5. The molecule has 0 saturated carbocycles. The minimum Gasteiger partial charge on any atom is -0.492 e. The Morgan fingerprint density at radius 2 is 1.95 bits per heavy atom. The van der Waals surface area contributed by atoms with Crippen molar-refractivity contribution in [3.8, 4) is 0 Å². The number of aliphatic hydroxyl groups is 1. The number of alkyl halides is 4. The number of ether oxygens (including phenoxy) is 1. The van der Waals surface area contributed by atoms with Gasteiger partial charge in [-0.2, -0.15) is 18.2 Å². The van der Waals surface area contributed by atoms with Crippen LogP contribution in [0, 0.1) is 5.92 Å². The highest BCUT2D eigenvalue weighted by atomic mass is 35.5. The van der Waals surface area contributed by atoms with Gasteiger partial charge in [-0.1, -0.05) is 31.2 Å². The highest BCUT2D eigenvalue weighted by molar-refractivity contribution is 6.22. The van der Waals surface area contributed by atoms with Gasteiger partial charge in [-0.25, -0.2) is 0 Å². The van der Waals surface area contributed by atoms with Gasteiger partial charge in [0.05, 0.1) is 24.2 Å². The molecule has 5 aliphatic rings. The van der Waals surface area contributed by atoms with Gasteiger partial charge in [0.1, 0.15) is 24.1 Å². The molecule has 0 aromatic carbocycles. The Balaban J connectivity index is 1.72. The van der Waals surface area contributed by atoms with Crippen molar-refractivity contribution in [1.29, 1.82) is 0 Å². The van der Waals surface area contributed by atoms with Crippen molar-refractivity contribution in [3.63, 3.8) is 0 Å². The smallest absolute Gasteiger partial charge is 0.408 e. The van der Waals surface area contributed by atoms with Gasteiger partial charge in [0.25, 0.3) is 5.91 Å². The number of allylic oxidation sites excluding steroid dienone is 3. The van der Waals surface area contributed by atoms with Gasteiger partial charge in [0.15, 0.2) is 0 Å². The van der Waals surface area contributed by atoms with E-state index >= 15 is 0 Å². The molecule has 10 heteroatoms. The molecular formula is C27H33ClF3N3O3. The van der Waals surface area contributed by atoms with Crippen molar-refractivity contribution in [2.24, 2.45) is 5.92 Å². The molecule has 6 atom stereocenters. The van der Waals surface area contributed by atoms with E-state index in [-0.39, 0.29) is 23.8 Å². The molecule has 0 aromatic heterocycles. The molecule has 37 heavy (non-hydrogen) atoms. The number of nitrogens with zero attached hydrogens (tertiary/aromatic N) is 3. The van der Waals surface area contributed by atoms with E-state index in [0.717, 1.165) is 35.0 Å². The van der Waals surface area contributed by atoms with Crippen molar-refractivity contribution in [2.75, 3.05) is 13.3 Å². The van der Waals surface area contributed by atoms with E-state index in [1.165, 1.54) is 0 Å². The first-order valence-corrected chi connectivity index (χ1v) is 13.2. The van der Waals surface area contributed by atoms with Crippen LogP contribution in [0.25, 0.3) is 0 Å². The second-order valence-electron chi connectivity index (χ2n) is 10.8. The maximum Gasteiger partial charge on any atom is 0.408 e. The Hall–Kier alpha value is -2.23. The molecule has 5 unspecified atom stereocenters. The molecule has 1 amide bonds. The lowest BCUT2D eigenvalue weighted by Crippen LogP contribution is -2.68. The van der Waals surface area contributed by atoms with Gasteiger partial charge in [-0.05, 0) is 62.7 Å². The molecule has 0 bridgehead atoms. The highest BCUT2D eigenvalue weighted by Gasteiger charge is 2.52. The molecule has 1 N–H and O–H groups in total. The molecule has 3 heterocycles. The maximum absolute atomic E-state index is 14.0.